The number of hydrogen-bond donors (Lipinski definition) is 1. The molecule has 13 heavy (non-hydrogen) atoms. The molecule has 1 aromatic heterocycles. The third-order valence-electron chi connectivity index (χ3n) is 2.93. The van der Waals surface area contributed by atoms with Crippen LogP contribution in [0.25, 0.3) is 0 Å². The van der Waals surface area contributed by atoms with Crippen LogP contribution in [0.1, 0.15) is 31.4 Å². The molecular formula is C10H17N3. The molecule has 1 fully saturated rings. The van der Waals surface area contributed by atoms with Gasteiger partial charge in [-0.1, -0.05) is 19.3 Å². The first-order valence-electron chi connectivity index (χ1n) is 5.05. The molecule has 0 saturated heterocycles. The van der Waals surface area contributed by atoms with Crippen LogP contribution in [0.5, 0.6) is 0 Å². The van der Waals surface area contributed by atoms with Gasteiger partial charge in [-0.3, -0.25) is 0 Å². The van der Waals surface area contributed by atoms with Crippen molar-refractivity contribution in [2.75, 3.05) is 5.73 Å². The Kier molecular flexibility index (Phi) is 2.25. The van der Waals surface area contributed by atoms with Crippen LogP contribution in [0.15, 0.2) is 6.20 Å². The zero-order valence-electron chi connectivity index (χ0n) is 8.16. The molecule has 0 bridgehead atoms. The molecular weight excluding hydrogens is 162 g/mol. The first-order chi connectivity index (χ1) is 6.25. The van der Waals surface area contributed by atoms with Gasteiger partial charge in [0.1, 0.15) is 0 Å². The second kappa shape index (κ2) is 3.40. The van der Waals surface area contributed by atoms with Crippen molar-refractivity contribution in [2.24, 2.45) is 5.92 Å². The van der Waals surface area contributed by atoms with Crippen LogP contribution in [-0.4, -0.2) is 9.55 Å². The van der Waals surface area contributed by atoms with Gasteiger partial charge in [0.2, 0.25) is 0 Å². The lowest BCUT2D eigenvalue weighted by atomic mass is 9.83. The molecule has 0 unspecified atom stereocenters. The van der Waals surface area contributed by atoms with E-state index < -0.39 is 0 Å². The molecule has 1 heterocycles. The van der Waals surface area contributed by atoms with E-state index in [9.17, 15) is 0 Å². The predicted octanol–water partition coefficient (Wildman–Crippen LogP) is 1.96. The minimum absolute atomic E-state index is 0.664. The first kappa shape index (κ1) is 8.60. The lowest BCUT2D eigenvalue weighted by molar-refractivity contribution is 0.283. The highest BCUT2D eigenvalue weighted by atomic mass is 15.1. The van der Waals surface area contributed by atoms with E-state index in [1.54, 1.807) is 0 Å². The highest BCUT2D eigenvalue weighted by Gasteiger charge is 2.17. The van der Waals surface area contributed by atoms with Gasteiger partial charge >= 0.3 is 0 Å². The Morgan fingerprint density at radius 3 is 2.85 bits per heavy atom. The molecule has 2 rings (SSSR count). The average Bonchev–Trinajstić information content (AvgIpc) is 2.27. The summed E-state index contributed by atoms with van der Waals surface area (Å²) < 4.78 is 2.06. The summed E-state index contributed by atoms with van der Waals surface area (Å²) in [5.41, 5.74) is 6.76. The average molecular weight is 179 g/mol. The zero-order chi connectivity index (χ0) is 9.26. The Morgan fingerprint density at radius 2 is 2.38 bits per heavy atom. The Balaban J connectivity index is 1.89. The number of rotatable bonds is 3. The monoisotopic (exact) mass is 179 g/mol. The summed E-state index contributed by atoms with van der Waals surface area (Å²) in [5.74, 6) is 1.61. The van der Waals surface area contributed by atoms with Crippen molar-refractivity contribution in [1.82, 2.24) is 9.55 Å². The molecule has 0 atom stereocenters. The number of nitrogen functional groups attached to an aromatic ring is 1. The van der Waals surface area contributed by atoms with Crippen molar-refractivity contribution in [3.8, 4) is 0 Å². The molecule has 0 aliphatic heterocycles. The first-order valence-corrected chi connectivity index (χ1v) is 5.05. The molecule has 0 amide bonds. The van der Waals surface area contributed by atoms with E-state index in [2.05, 4.69) is 9.55 Å². The standard InChI is InChI=1S/C10H17N3/c1-8-7-13(10(11)12-8)6-5-9-3-2-4-9/h7,9H,2-6H2,1H3,(H2,11,12). The van der Waals surface area contributed by atoms with E-state index in [1.807, 2.05) is 13.1 Å². The van der Waals surface area contributed by atoms with E-state index in [0.717, 1.165) is 18.2 Å². The van der Waals surface area contributed by atoms with Crippen molar-refractivity contribution in [2.45, 2.75) is 39.2 Å². The van der Waals surface area contributed by atoms with E-state index >= 15 is 0 Å². The van der Waals surface area contributed by atoms with Gasteiger partial charge in [-0.25, -0.2) is 4.98 Å². The van der Waals surface area contributed by atoms with Crippen molar-refractivity contribution >= 4 is 5.95 Å². The van der Waals surface area contributed by atoms with E-state index in [-0.39, 0.29) is 0 Å². The minimum atomic E-state index is 0.664. The van der Waals surface area contributed by atoms with Crippen LogP contribution >= 0.6 is 0 Å². The van der Waals surface area contributed by atoms with Gasteiger partial charge in [-0.15, -0.1) is 0 Å². The van der Waals surface area contributed by atoms with Gasteiger partial charge in [-0.05, 0) is 19.3 Å². The SMILES string of the molecule is Cc1cn(CCC2CCC2)c(N)n1. The third-order valence-corrected chi connectivity index (χ3v) is 2.93. The molecule has 1 saturated carbocycles. The number of imidazole rings is 1. The molecule has 0 radical (unpaired) electrons. The van der Waals surface area contributed by atoms with Crippen LogP contribution in [0.4, 0.5) is 5.95 Å². The highest BCUT2D eigenvalue weighted by molar-refractivity contribution is 5.20. The maximum Gasteiger partial charge on any atom is 0.200 e. The van der Waals surface area contributed by atoms with Crippen molar-refractivity contribution in [3.05, 3.63) is 11.9 Å². The fourth-order valence-electron chi connectivity index (χ4n) is 1.85. The normalized spacial score (nSPS) is 17.3. The quantitative estimate of drug-likeness (QED) is 0.770. The molecule has 3 nitrogen and oxygen atoms in total. The summed E-state index contributed by atoms with van der Waals surface area (Å²) in [7, 11) is 0. The van der Waals surface area contributed by atoms with E-state index in [4.69, 9.17) is 5.73 Å². The predicted molar refractivity (Wildman–Crippen MR) is 53.3 cm³/mol. The summed E-state index contributed by atoms with van der Waals surface area (Å²) in [6.07, 6.45) is 7.54. The Morgan fingerprint density at radius 1 is 1.62 bits per heavy atom. The largest absolute Gasteiger partial charge is 0.369 e. The Hall–Kier alpha value is -0.990. The van der Waals surface area contributed by atoms with Gasteiger partial charge in [0.25, 0.3) is 0 Å². The van der Waals surface area contributed by atoms with Gasteiger partial charge in [0, 0.05) is 12.7 Å². The van der Waals surface area contributed by atoms with Crippen LogP contribution in [0.3, 0.4) is 0 Å². The summed E-state index contributed by atoms with van der Waals surface area (Å²) in [6.45, 7) is 3.02. The lowest BCUT2D eigenvalue weighted by Gasteiger charge is -2.25. The van der Waals surface area contributed by atoms with Crippen molar-refractivity contribution < 1.29 is 0 Å². The Labute approximate surface area is 79.0 Å². The number of nitrogens with zero attached hydrogens (tertiary/aromatic N) is 2. The lowest BCUT2D eigenvalue weighted by Crippen LogP contribution is -2.14. The molecule has 72 valence electrons. The summed E-state index contributed by atoms with van der Waals surface area (Å²) in [5, 5.41) is 0. The van der Waals surface area contributed by atoms with Gasteiger partial charge < -0.3 is 10.3 Å². The van der Waals surface area contributed by atoms with Crippen molar-refractivity contribution in [1.29, 1.82) is 0 Å². The van der Waals surface area contributed by atoms with Crippen LogP contribution < -0.4 is 5.73 Å². The molecule has 1 aliphatic rings. The highest BCUT2D eigenvalue weighted by Crippen LogP contribution is 2.29. The summed E-state index contributed by atoms with van der Waals surface area (Å²) in [4.78, 5) is 4.17. The number of anilines is 1. The maximum absolute atomic E-state index is 5.74. The molecule has 1 aliphatic carbocycles. The van der Waals surface area contributed by atoms with Crippen molar-refractivity contribution in [3.63, 3.8) is 0 Å². The molecule has 3 heteroatoms. The van der Waals surface area contributed by atoms with Gasteiger partial charge in [0.15, 0.2) is 5.95 Å². The molecule has 1 aromatic rings. The second-order valence-electron chi connectivity index (χ2n) is 4.02. The topological polar surface area (TPSA) is 43.8 Å². The fraction of sp³-hybridized carbons (Fsp3) is 0.700. The van der Waals surface area contributed by atoms with Crippen LogP contribution in [0, 0.1) is 12.8 Å². The summed E-state index contributed by atoms with van der Waals surface area (Å²) >= 11 is 0. The Bertz CT molecular complexity index is 286. The third kappa shape index (κ3) is 1.85. The zero-order valence-corrected chi connectivity index (χ0v) is 8.16. The van der Waals surface area contributed by atoms with Gasteiger partial charge in [0.05, 0.1) is 5.69 Å². The van der Waals surface area contributed by atoms with Gasteiger partial charge in [-0.2, -0.15) is 0 Å². The smallest absolute Gasteiger partial charge is 0.200 e. The molecule has 2 N–H and O–H groups in total. The molecule has 0 spiro atoms. The van der Waals surface area contributed by atoms with E-state index in [1.165, 1.54) is 25.7 Å². The number of aromatic nitrogens is 2. The number of aryl methyl sites for hydroxylation is 2. The van der Waals surface area contributed by atoms with Crippen LogP contribution in [-0.2, 0) is 6.54 Å². The second-order valence-corrected chi connectivity index (χ2v) is 4.02. The maximum atomic E-state index is 5.74. The number of nitrogens with two attached hydrogens (primary N) is 1. The minimum Gasteiger partial charge on any atom is -0.369 e. The fourth-order valence-corrected chi connectivity index (χ4v) is 1.85. The number of hydrogen-bond acceptors (Lipinski definition) is 2. The van der Waals surface area contributed by atoms with Crippen LogP contribution in [0.2, 0.25) is 0 Å². The summed E-state index contributed by atoms with van der Waals surface area (Å²) in [6, 6.07) is 0. The van der Waals surface area contributed by atoms with E-state index in [0.29, 0.717) is 5.95 Å². The molecule has 0 aromatic carbocycles.